The van der Waals surface area contributed by atoms with Crippen molar-refractivity contribution in [1.29, 1.82) is 0 Å². The smallest absolute Gasteiger partial charge is 0.0552 e. The highest BCUT2D eigenvalue weighted by Gasteiger charge is 2.28. The predicted octanol–water partition coefficient (Wildman–Crippen LogP) is 2.08. The van der Waals surface area contributed by atoms with Gasteiger partial charge in [0.05, 0.1) is 10.8 Å². The number of benzene rings is 1. The summed E-state index contributed by atoms with van der Waals surface area (Å²) in [5.74, 6) is 0.728. The molecule has 1 aliphatic heterocycles. The molecule has 1 aliphatic rings. The van der Waals surface area contributed by atoms with E-state index in [9.17, 15) is 4.21 Å². The molecule has 1 heterocycles. The fourth-order valence-corrected chi connectivity index (χ4v) is 3.58. The van der Waals surface area contributed by atoms with Crippen LogP contribution in [-0.4, -0.2) is 16.5 Å². The summed E-state index contributed by atoms with van der Waals surface area (Å²) in [5.41, 5.74) is 3.76. The molecule has 2 nitrogen and oxygen atoms in total. The summed E-state index contributed by atoms with van der Waals surface area (Å²) in [6.45, 7) is 7.20. The van der Waals surface area contributed by atoms with E-state index in [1.54, 1.807) is 0 Å². The van der Waals surface area contributed by atoms with Crippen molar-refractivity contribution < 1.29 is 4.21 Å². The van der Waals surface area contributed by atoms with E-state index in [0.717, 1.165) is 17.2 Å². The molecule has 1 aromatic carbocycles. The summed E-state index contributed by atoms with van der Waals surface area (Å²) in [6, 6.07) is 4.55. The fraction of sp³-hybridized carbons (Fsp3) is 0.500. The van der Waals surface area contributed by atoms with E-state index in [-0.39, 0.29) is 6.04 Å². The SMILES string of the molecule is CCNC1CS(=O)c2cc(C)c(C)cc21. The number of hydrogen-bond acceptors (Lipinski definition) is 2. The zero-order chi connectivity index (χ0) is 11.0. The Morgan fingerprint density at radius 3 is 2.73 bits per heavy atom. The fourth-order valence-electron chi connectivity index (χ4n) is 2.03. The topological polar surface area (TPSA) is 29.1 Å². The van der Waals surface area contributed by atoms with Gasteiger partial charge in [-0.15, -0.1) is 0 Å². The molecule has 0 aliphatic carbocycles. The lowest BCUT2D eigenvalue weighted by atomic mass is 10.0. The van der Waals surface area contributed by atoms with Crippen LogP contribution in [0.15, 0.2) is 17.0 Å². The molecule has 2 unspecified atom stereocenters. The Kier molecular flexibility index (Phi) is 2.94. The molecule has 82 valence electrons. The van der Waals surface area contributed by atoms with E-state index in [2.05, 4.69) is 38.2 Å². The Hall–Kier alpha value is -0.670. The quantitative estimate of drug-likeness (QED) is 0.831. The van der Waals surface area contributed by atoms with E-state index in [0.29, 0.717) is 0 Å². The molecule has 0 fully saturated rings. The third-order valence-corrected chi connectivity index (χ3v) is 4.50. The van der Waals surface area contributed by atoms with Gasteiger partial charge in [0.1, 0.15) is 0 Å². The van der Waals surface area contributed by atoms with Crippen LogP contribution in [0.5, 0.6) is 0 Å². The molecular formula is C12H17NOS. The minimum Gasteiger partial charge on any atom is -0.309 e. The first-order valence-corrected chi connectivity index (χ1v) is 6.68. The number of hydrogen-bond donors (Lipinski definition) is 1. The van der Waals surface area contributed by atoms with Crippen LogP contribution in [0, 0.1) is 13.8 Å². The minimum atomic E-state index is -0.810. The molecule has 0 bridgehead atoms. The number of rotatable bonds is 2. The Morgan fingerprint density at radius 1 is 1.40 bits per heavy atom. The van der Waals surface area contributed by atoms with Crippen molar-refractivity contribution in [3.05, 3.63) is 28.8 Å². The Labute approximate surface area is 93.5 Å². The lowest BCUT2D eigenvalue weighted by Crippen LogP contribution is -2.21. The molecule has 0 amide bonds. The van der Waals surface area contributed by atoms with E-state index in [4.69, 9.17) is 0 Å². The summed E-state index contributed by atoms with van der Waals surface area (Å²) in [4.78, 5) is 1.03. The largest absolute Gasteiger partial charge is 0.309 e. The molecule has 0 spiro atoms. The van der Waals surface area contributed by atoms with Crippen molar-refractivity contribution in [2.24, 2.45) is 0 Å². The molecular weight excluding hydrogens is 206 g/mol. The maximum absolute atomic E-state index is 11.9. The van der Waals surface area contributed by atoms with Gasteiger partial charge in [-0.25, -0.2) is 0 Å². The average molecular weight is 223 g/mol. The van der Waals surface area contributed by atoms with E-state index < -0.39 is 10.8 Å². The maximum Gasteiger partial charge on any atom is 0.0552 e. The second-order valence-electron chi connectivity index (χ2n) is 4.10. The van der Waals surface area contributed by atoms with Crippen LogP contribution in [0.2, 0.25) is 0 Å². The van der Waals surface area contributed by atoms with Crippen LogP contribution < -0.4 is 5.32 Å². The molecule has 3 heteroatoms. The van der Waals surface area contributed by atoms with Gasteiger partial charge in [0, 0.05) is 16.7 Å². The van der Waals surface area contributed by atoms with Crippen LogP contribution in [0.25, 0.3) is 0 Å². The van der Waals surface area contributed by atoms with Crippen LogP contribution in [-0.2, 0) is 10.8 Å². The van der Waals surface area contributed by atoms with E-state index >= 15 is 0 Å². The van der Waals surface area contributed by atoms with E-state index in [1.807, 2.05) is 0 Å². The summed E-state index contributed by atoms with van der Waals surface area (Å²) in [6.07, 6.45) is 0. The highest BCUT2D eigenvalue weighted by atomic mass is 32.2. The summed E-state index contributed by atoms with van der Waals surface area (Å²) in [7, 11) is -0.810. The van der Waals surface area contributed by atoms with Gasteiger partial charge in [-0.3, -0.25) is 4.21 Å². The first kappa shape index (κ1) is 10.8. The molecule has 0 saturated heterocycles. The van der Waals surface area contributed by atoms with Gasteiger partial charge in [-0.1, -0.05) is 13.0 Å². The minimum absolute atomic E-state index is 0.283. The predicted molar refractivity (Wildman–Crippen MR) is 63.6 cm³/mol. The average Bonchev–Trinajstić information content (AvgIpc) is 2.46. The van der Waals surface area contributed by atoms with Crippen LogP contribution >= 0.6 is 0 Å². The molecule has 0 saturated carbocycles. The Bertz CT molecular complexity index is 414. The third-order valence-electron chi connectivity index (χ3n) is 3.02. The molecule has 15 heavy (non-hydrogen) atoms. The number of nitrogens with one attached hydrogen (secondary N) is 1. The normalized spacial score (nSPS) is 24.2. The van der Waals surface area contributed by atoms with E-state index in [1.165, 1.54) is 16.7 Å². The zero-order valence-electron chi connectivity index (χ0n) is 9.46. The monoisotopic (exact) mass is 223 g/mol. The van der Waals surface area contributed by atoms with Crippen molar-refractivity contribution >= 4 is 10.8 Å². The van der Waals surface area contributed by atoms with Crippen molar-refractivity contribution in [3.8, 4) is 0 Å². The number of aryl methyl sites for hydroxylation is 2. The molecule has 1 aromatic rings. The molecule has 1 N–H and O–H groups in total. The molecule has 2 rings (SSSR count). The maximum atomic E-state index is 11.9. The second kappa shape index (κ2) is 4.06. The van der Waals surface area contributed by atoms with Crippen LogP contribution in [0.3, 0.4) is 0 Å². The van der Waals surface area contributed by atoms with Crippen molar-refractivity contribution in [3.63, 3.8) is 0 Å². The van der Waals surface area contributed by atoms with Gasteiger partial charge in [0.25, 0.3) is 0 Å². The molecule has 0 aromatic heterocycles. The standard InChI is InChI=1S/C12H17NOS/c1-4-13-11-7-15(14)12-6-9(3)8(2)5-10(11)12/h5-6,11,13H,4,7H2,1-3H3. The van der Waals surface area contributed by atoms with Gasteiger partial charge in [-0.05, 0) is 43.1 Å². The summed E-state index contributed by atoms with van der Waals surface area (Å²) >= 11 is 0. The van der Waals surface area contributed by atoms with Crippen molar-refractivity contribution in [2.45, 2.75) is 31.7 Å². The summed E-state index contributed by atoms with van der Waals surface area (Å²) < 4.78 is 11.9. The second-order valence-corrected chi connectivity index (χ2v) is 5.56. The lowest BCUT2D eigenvalue weighted by Gasteiger charge is -2.12. The highest BCUT2D eigenvalue weighted by molar-refractivity contribution is 7.85. The van der Waals surface area contributed by atoms with Gasteiger partial charge in [-0.2, -0.15) is 0 Å². The first-order valence-electron chi connectivity index (χ1n) is 5.36. The van der Waals surface area contributed by atoms with Crippen molar-refractivity contribution in [2.75, 3.05) is 12.3 Å². The summed E-state index contributed by atoms with van der Waals surface area (Å²) in [5, 5.41) is 3.38. The van der Waals surface area contributed by atoms with Crippen LogP contribution in [0.4, 0.5) is 0 Å². The van der Waals surface area contributed by atoms with Crippen LogP contribution in [0.1, 0.15) is 29.7 Å². The molecule has 2 atom stereocenters. The molecule has 0 radical (unpaired) electrons. The Balaban J connectivity index is 2.46. The lowest BCUT2D eigenvalue weighted by molar-refractivity contribution is 0.603. The Morgan fingerprint density at radius 2 is 2.07 bits per heavy atom. The zero-order valence-corrected chi connectivity index (χ0v) is 10.3. The van der Waals surface area contributed by atoms with Gasteiger partial charge in [0.2, 0.25) is 0 Å². The van der Waals surface area contributed by atoms with Gasteiger partial charge in [0.15, 0.2) is 0 Å². The third kappa shape index (κ3) is 1.86. The van der Waals surface area contributed by atoms with Gasteiger partial charge >= 0.3 is 0 Å². The first-order chi connectivity index (χ1) is 7.13. The van der Waals surface area contributed by atoms with Crippen molar-refractivity contribution in [1.82, 2.24) is 5.32 Å². The highest BCUT2D eigenvalue weighted by Crippen LogP contribution is 2.32. The number of fused-ring (bicyclic) bond motifs is 1. The van der Waals surface area contributed by atoms with Gasteiger partial charge < -0.3 is 5.32 Å².